The van der Waals surface area contributed by atoms with Gasteiger partial charge in [0.25, 0.3) is 0 Å². The average molecular weight is 160 g/mol. The van der Waals surface area contributed by atoms with Gasteiger partial charge in [0.2, 0.25) is 0 Å². The van der Waals surface area contributed by atoms with E-state index in [0.29, 0.717) is 5.71 Å². The predicted molar refractivity (Wildman–Crippen MR) is 41.9 cm³/mol. The van der Waals surface area contributed by atoms with Crippen LogP contribution in [0, 0.1) is 0 Å². The summed E-state index contributed by atoms with van der Waals surface area (Å²) in [6.45, 7) is 0. The number of oxime groups is 1. The number of hydrogen-bond acceptors (Lipinski definition) is 2. The summed E-state index contributed by atoms with van der Waals surface area (Å²) in [5, 5.41) is 11.4. The molecule has 0 heterocycles. The van der Waals surface area contributed by atoms with Crippen LogP contribution in [-0.2, 0) is 0 Å². The average Bonchev–Trinajstić information content (AvgIpc) is 2.13. The highest BCUT2D eigenvalue weighted by molar-refractivity contribution is 6.33. The predicted octanol–water partition coefficient (Wildman–Crippen LogP) is 2.16. The standard InChI is InChI=1S/C7H10ClNO/c8-6-4-2-1-3-5-7(6)9-10/h2,4,6,10H,1,3,5H2. The lowest BCUT2D eigenvalue weighted by molar-refractivity contribution is 0.316. The van der Waals surface area contributed by atoms with E-state index in [1.54, 1.807) is 0 Å². The zero-order valence-corrected chi connectivity index (χ0v) is 6.38. The SMILES string of the molecule is ON=C1CCCC=CC1Cl. The molecule has 0 radical (unpaired) electrons. The van der Waals surface area contributed by atoms with Gasteiger partial charge in [0, 0.05) is 0 Å². The van der Waals surface area contributed by atoms with E-state index in [2.05, 4.69) is 5.16 Å². The van der Waals surface area contributed by atoms with Crippen molar-refractivity contribution in [2.75, 3.05) is 0 Å². The topological polar surface area (TPSA) is 32.6 Å². The van der Waals surface area contributed by atoms with E-state index in [0.717, 1.165) is 19.3 Å². The maximum atomic E-state index is 8.46. The van der Waals surface area contributed by atoms with Crippen molar-refractivity contribution in [3.8, 4) is 0 Å². The lowest BCUT2D eigenvalue weighted by atomic mass is 10.2. The smallest absolute Gasteiger partial charge is 0.0931 e. The Kier molecular flexibility index (Phi) is 2.75. The number of alkyl halides is 1. The number of halogens is 1. The van der Waals surface area contributed by atoms with E-state index in [9.17, 15) is 0 Å². The maximum absolute atomic E-state index is 8.46. The molecular weight excluding hydrogens is 150 g/mol. The molecule has 1 rings (SSSR count). The third-order valence-electron chi connectivity index (χ3n) is 1.56. The lowest BCUT2D eigenvalue weighted by Crippen LogP contribution is -2.10. The molecule has 0 amide bonds. The van der Waals surface area contributed by atoms with Crippen LogP contribution in [0.2, 0.25) is 0 Å². The number of hydrogen-bond donors (Lipinski definition) is 1. The van der Waals surface area contributed by atoms with Crippen LogP contribution in [0.15, 0.2) is 17.3 Å². The molecule has 0 aromatic heterocycles. The van der Waals surface area contributed by atoms with E-state index in [4.69, 9.17) is 16.8 Å². The Balaban J connectivity index is 2.65. The Bertz CT molecular complexity index is 165. The van der Waals surface area contributed by atoms with Gasteiger partial charge in [0.1, 0.15) is 0 Å². The summed E-state index contributed by atoms with van der Waals surface area (Å²) >= 11 is 5.81. The second kappa shape index (κ2) is 3.62. The summed E-state index contributed by atoms with van der Waals surface area (Å²) in [5.41, 5.74) is 0.676. The summed E-state index contributed by atoms with van der Waals surface area (Å²) in [4.78, 5) is 0. The van der Waals surface area contributed by atoms with E-state index in [-0.39, 0.29) is 5.38 Å². The largest absolute Gasteiger partial charge is 0.411 e. The third-order valence-corrected chi connectivity index (χ3v) is 1.95. The lowest BCUT2D eigenvalue weighted by Gasteiger charge is -2.01. The van der Waals surface area contributed by atoms with Gasteiger partial charge in [0.05, 0.1) is 11.1 Å². The van der Waals surface area contributed by atoms with Crippen LogP contribution in [0.1, 0.15) is 19.3 Å². The first kappa shape index (κ1) is 7.61. The van der Waals surface area contributed by atoms with Crippen LogP contribution in [0.25, 0.3) is 0 Å². The van der Waals surface area contributed by atoms with E-state index in [1.165, 1.54) is 0 Å². The second-order valence-electron chi connectivity index (χ2n) is 2.31. The monoisotopic (exact) mass is 159 g/mol. The molecule has 0 aromatic rings. The second-order valence-corrected chi connectivity index (χ2v) is 2.78. The first-order valence-corrected chi connectivity index (χ1v) is 3.80. The zero-order valence-electron chi connectivity index (χ0n) is 5.63. The number of allylic oxidation sites excluding steroid dienone is 2. The quantitative estimate of drug-likeness (QED) is 0.250. The highest BCUT2D eigenvalue weighted by Gasteiger charge is 2.11. The minimum absolute atomic E-state index is 0.201. The fraction of sp³-hybridized carbons (Fsp3) is 0.571. The zero-order chi connectivity index (χ0) is 7.40. The minimum atomic E-state index is -0.201. The van der Waals surface area contributed by atoms with Crippen molar-refractivity contribution >= 4 is 17.3 Å². The van der Waals surface area contributed by atoms with Crippen LogP contribution in [0.5, 0.6) is 0 Å². The van der Waals surface area contributed by atoms with Crippen molar-refractivity contribution in [2.45, 2.75) is 24.6 Å². The molecule has 1 atom stereocenters. The molecule has 0 bridgehead atoms. The van der Waals surface area contributed by atoms with E-state index in [1.807, 2.05) is 12.2 Å². The molecule has 1 unspecified atom stereocenters. The molecule has 0 fully saturated rings. The fourth-order valence-electron chi connectivity index (χ4n) is 0.971. The first-order valence-electron chi connectivity index (χ1n) is 3.36. The summed E-state index contributed by atoms with van der Waals surface area (Å²) in [6.07, 6.45) is 6.75. The van der Waals surface area contributed by atoms with Gasteiger partial charge in [-0.3, -0.25) is 0 Å². The Hall–Kier alpha value is -0.500. The van der Waals surface area contributed by atoms with Gasteiger partial charge in [-0.25, -0.2) is 0 Å². The Morgan fingerprint density at radius 1 is 1.70 bits per heavy atom. The highest BCUT2D eigenvalue weighted by atomic mass is 35.5. The van der Waals surface area contributed by atoms with Crippen LogP contribution in [-0.4, -0.2) is 16.3 Å². The van der Waals surface area contributed by atoms with Crippen LogP contribution >= 0.6 is 11.6 Å². The molecule has 0 saturated heterocycles. The van der Waals surface area contributed by atoms with Gasteiger partial charge < -0.3 is 5.21 Å². The van der Waals surface area contributed by atoms with Crippen LogP contribution in [0.4, 0.5) is 0 Å². The normalized spacial score (nSPS) is 30.5. The fourth-order valence-corrected chi connectivity index (χ4v) is 1.23. The molecule has 0 saturated carbocycles. The van der Waals surface area contributed by atoms with Crippen LogP contribution < -0.4 is 0 Å². The highest BCUT2D eigenvalue weighted by Crippen LogP contribution is 2.13. The van der Waals surface area contributed by atoms with Crippen molar-refractivity contribution in [1.29, 1.82) is 0 Å². The summed E-state index contributed by atoms with van der Waals surface area (Å²) in [7, 11) is 0. The molecule has 0 spiro atoms. The van der Waals surface area contributed by atoms with Crippen molar-refractivity contribution in [3.63, 3.8) is 0 Å². The van der Waals surface area contributed by atoms with Crippen molar-refractivity contribution < 1.29 is 5.21 Å². The number of nitrogens with zero attached hydrogens (tertiary/aromatic N) is 1. The summed E-state index contributed by atoms with van der Waals surface area (Å²) < 4.78 is 0. The molecule has 1 N–H and O–H groups in total. The Morgan fingerprint density at radius 2 is 2.50 bits per heavy atom. The van der Waals surface area contributed by atoms with Gasteiger partial charge >= 0.3 is 0 Å². The Morgan fingerprint density at radius 3 is 3.20 bits per heavy atom. The molecule has 1 aliphatic rings. The molecule has 56 valence electrons. The maximum Gasteiger partial charge on any atom is 0.0931 e. The number of rotatable bonds is 0. The molecular formula is C7H10ClNO. The molecule has 10 heavy (non-hydrogen) atoms. The Labute approximate surface area is 65.2 Å². The van der Waals surface area contributed by atoms with Gasteiger partial charge in [-0.05, 0) is 19.3 Å². The van der Waals surface area contributed by atoms with Gasteiger partial charge in [-0.1, -0.05) is 17.3 Å². The van der Waals surface area contributed by atoms with Crippen LogP contribution in [0.3, 0.4) is 0 Å². The molecule has 3 heteroatoms. The van der Waals surface area contributed by atoms with Crippen molar-refractivity contribution in [3.05, 3.63) is 12.2 Å². The van der Waals surface area contributed by atoms with Gasteiger partial charge in [-0.15, -0.1) is 11.6 Å². The third kappa shape index (κ3) is 1.74. The summed E-state index contributed by atoms with van der Waals surface area (Å²) in [5.74, 6) is 0. The molecule has 1 aliphatic carbocycles. The van der Waals surface area contributed by atoms with Crippen molar-refractivity contribution in [1.82, 2.24) is 0 Å². The minimum Gasteiger partial charge on any atom is -0.411 e. The van der Waals surface area contributed by atoms with E-state index >= 15 is 0 Å². The molecule has 0 aromatic carbocycles. The first-order chi connectivity index (χ1) is 4.84. The molecule has 0 aliphatic heterocycles. The van der Waals surface area contributed by atoms with E-state index < -0.39 is 0 Å². The van der Waals surface area contributed by atoms with Gasteiger partial charge in [-0.2, -0.15) is 0 Å². The van der Waals surface area contributed by atoms with Crippen molar-refractivity contribution in [2.24, 2.45) is 5.16 Å². The molecule has 2 nitrogen and oxygen atoms in total. The van der Waals surface area contributed by atoms with Gasteiger partial charge in [0.15, 0.2) is 0 Å². The summed E-state index contributed by atoms with van der Waals surface area (Å²) in [6, 6.07) is 0.